The van der Waals surface area contributed by atoms with Crippen molar-refractivity contribution in [2.75, 3.05) is 0 Å². The molecule has 19 heavy (non-hydrogen) atoms. The predicted octanol–water partition coefficient (Wildman–Crippen LogP) is 4.44. The molecule has 1 aromatic rings. The number of rotatable bonds is 2. The van der Waals surface area contributed by atoms with Gasteiger partial charge in [-0.1, -0.05) is 26.7 Å². The van der Waals surface area contributed by atoms with Crippen LogP contribution in [-0.2, 0) is 0 Å². The van der Waals surface area contributed by atoms with E-state index in [4.69, 9.17) is 0 Å². The van der Waals surface area contributed by atoms with Crippen molar-refractivity contribution in [2.24, 2.45) is 5.41 Å². The highest BCUT2D eigenvalue weighted by atomic mass is 79.9. The van der Waals surface area contributed by atoms with Crippen LogP contribution in [0.1, 0.15) is 49.9 Å². The molecule has 0 aliphatic heterocycles. The minimum Gasteiger partial charge on any atom is -0.349 e. The summed E-state index contributed by atoms with van der Waals surface area (Å²) in [5, 5.41) is 3.19. The van der Waals surface area contributed by atoms with Crippen molar-refractivity contribution >= 4 is 34.5 Å². The van der Waals surface area contributed by atoms with Crippen molar-refractivity contribution in [1.29, 1.82) is 0 Å². The van der Waals surface area contributed by atoms with E-state index in [0.29, 0.717) is 5.56 Å². The zero-order chi connectivity index (χ0) is 14.0. The van der Waals surface area contributed by atoms with Crippen molar-refractivity contribution in [3.63, 3.8) is 0 Å². The van der Waals surface area contributed by atoms with Crippen LogP contribution in [0.2, 0.25) is 0 Å². The van der Waals surface area contributed by atoms with Crippen LogP contribution in [-0.4, -0.2) is 11.9 Å². The van der Waals surface area contributed by atoms with E-state index in [0.717, 1.165) is 15.8 Å². The van der Waals surface area contributed by atoms with Crippen LogP contribution >= 0.6 is 28.6 Å². The molecule has 1 N–H and O–H groups in total. The third-order valence-electron chi connectivity index (χ3n) is 4.01. The maximum atomic E-state index is 12.4. The van der Waals surface area contributed by atoms with Crippen LogP contribution in [0.15, 0.2) is 27.6 Å². The van der Waals surface area contributed by atoms with Gasteiger partial charge < -0.3 is 5.32 Å². The first-order valence-electron chi connectivity index (χ1n) is 6.69. The van der Waals surface area contributed by atoms with Crippen molar-refractivity contribution in [2.45, 2.75) is 50.5 Å². The maximum absolute atomic E-state index is 12.4. The fourth-order valence-electron chi connectivity index (χ4n) is 2.68. The van der Waals surface area contributed by atoms with Crippen molar-refractivity contribution in [1.82, 2.24) is 5.32 Å². The Morgan fingerprint density at radius 1 is 1.42 bits per heavy atom. The SMILES string of the molecule is CC1(C)CCCCC1NC(=O)c1cc(S)ccc1Br. The molecule has 104 valence electrons. The van der Waals surface area contributed by atoms with Crippen LogP contribution in [0.3, 0.4) is 0 Å². The van der Waals surface area contributed by atoms with Gasteiger partial charge in [-0.25, -0.2) is 0 Å². The summed E-state index contributed by atoms with van der Waals surface area (Å²) in [6.45, 7) is 4.47. The highest BCUT2D eigenvalue weighted by Crippen LogP contribution is 2.35. The van der Waals surface area contributed by atoms with Crippen LogP contribution in [0.25, 0.3) is 0 Å². The van der Waals surface area contributed by atoms with Crippen LogP contribution < -0.4 is 5.32 Å². The van der Waals surface area contributed by atoms with Crippen molar-refractivity contribution in [3.8, 4) is 0 Å². The monoisotopic (exact) mass is 341 g/mol. The highest BCUT2D eigenvalue weighted by molar-refractivity contribution is 9.10. The van der Waals surface area contributed by atoms with Gasteiger partial charge in [0, 0.05) is 15.4 Å². The molecule has 0 heterocycles. The van der Waals surface area contributed by atoms with Gasteiger partial charge in [-0.05, 0) is 52.4 Å². The van der Waals surface area contributed by atoms with Gasteiger partial charge in [0.15, 0.2) is 0 Å². The number of carbonyl (C=O) groups is 1. The first kappa shape index (κ1) is 14.9. The minimum atomic E-state index is -0.0113. The van der Waals surface area contributed by atoms with Crippen molar-refractivity contribution in [3.05, 3.63) is 28.2 Å². The molecule has 4 heteroatoms. The lowest BCUT2D eigenvalue weighted by molar-refractivity contribution is 0.0852. The molecule has 1 saturated carbocycles. The maximum Gasteiger partial charge on any atom is 0.252 e. The van der Waals surface area contributed by atoms with Crippen LogP contribution in [0.5, 0.6) is 0 Å². The Hall–Kier alpha value is -0.480. The first-order valence-corrected chi connectivity index (χ1v) is 7.93. The predicted molar refractivity (Wildman–Crippen MR) is 84.9 cm³/mol. The summed E-state index contributed by atoms with van der Waals surface area (Å²) in [7, 11) is 0. The number of thiol groups is 1. The number of amides is 1. The molecule has 1 aliphatic carbocycles. The molecule has 0 bridgehead atoms. The topological polar surface area (TPSA) is 29.1 Å². The van der Waals surface area contributed by atoms with E-state index < -0.39 is 0 Å². The molecule has 2 rings (SSSR count). The van der Waals surface area contributed by atoms with Crippen LogP contribution in [0.4, 0.5) is 0 Å². The molecule has 0 spiro atoms. The smallest absolute Gasteiger partial charge is 0.252 e. The second-order valence-corrected chi connectivity index (χ2v) is 7.30. The standard InChI is InChI=1S/C15H20BrNOS/c1-15(2)8-4-3-5-13(15)17-14(18)11-9-10(19)6-7-12(11)16/h6-7,9,13,19H,3-5,8H2,1-2H3,(H,17,18). The lowest BCUT2D eigenvalue weighted by Crippen LogP contribution is -2.46. The van der Waals surface area contributed by atoms with E-state index in [9.17, 15) is 4.79 Å². The molecular formula is C15H20BrNOS. The first-order chi connectivity index (χ1) is 8.90. The Kier molecular flexibility index (Phi) is 4.62. The Labute approximate surface area is 128 Å². The third-order valence-corrected chi connectivity index (χ3v) is 4.98. The lowest BCUT2D eigenvalue weighted by atomic mass is 9.73. The Bertz CT molecular complexity index is 487. The Balaban J connectivity index is 2.14. The molecule has 1 fully saturated rings. The summed E-state index contributed by atoms with van der Waals surface area (Å²) in [5.74, 6) is -0.0113. The summed E-state index contributed by atoms with van der Waals surface area (Å²) < 4.78 is 0.816. The average Bonchev–Trinajstić information content (AvgIpc) is 2.34. The van der Waals surface area contributed by atoms with Gasteiger partial charge in [0.05, 0.1) is 5.56 Å². The van der Waals surface area contributed by atoms with Gasteiger partial charge >= 0.3 is 0 Å². The van der Waals surface area contributed by atoms with Crippen molar-refractivity contribution < 1.29 is 4.79 Å². The van der Waals surface area contributed by atoms with E-state index in [1.807, 2.05) is 12.1 Å². The Morgan fingerprint density at radius 3 is 2.84 bits per heavy atom. The average molecular weight is 342 g/mol. The number of halogens is 1. The van der Waals surface area contributed by atoms with Gasteiger partial charge in [-0.3, -0.25) is 4.79 Å². The number of benzene rings is 1. The fraction of sp³-hybridized carbons (Fsp3) is 0.533. The summed E-state index contributed by atoms with van der Waals surface area (Å²) >= 11 is 7.72. The van der Waals surface area contributed by atoms with E-state index >= 15 is 0 Å². The molecule has 0 saturated heterocycles. The molecule has 1 amide bonds. The van der Waals surface area contributed by atoms with Gasteiger partial charge in [0.25, 0.3) is 5.91 Å². The molecule has 1 unspecified atom stereocenters. The summed E-state index contributed by atoms with van der Waals surface area (Å²) in [6.07, 6.45) is 4.69. The zero-order valence-electron chi connectivity index (χ0n) is 11.4. The van der Waals surface area contributed by atoms with E-state index in [1.54, 1.807) is 6.07 Å². The van der Waals surface area contributed by atoms with Crippen LogP contribution in [0, 0.1) is 5.41 Å². The molecule has 1 atom stereocenters. The number of hydrogen-bond donors (Lipinski definition) is 2. The van der Waals surface area contributed by atoms with Gasteiger partial charge in [0.2, 0.25) is 0 Å². The van der Waals surface area contributed by atoms with Gasteiger partial charge in [-0.2, -0.15) is 0 Å². The fourth-order valence-corrected chi connectivity index (χ4v) is 3.32. The molecule has 0 radical (unpaired) electrons. The van der Waals surface area contributed by atoms with E-state index in [2.05, 4.69) is 47.7 Å². The van der Waals surface area contributed by atoms with E-state index in [-0.39, 0.29) is 17.4 Å². The second kappa shape index (κ2) is 5.88. The highest BCUT2D eigenvalue weighted by Gasteiger charge is 2.33. The molecule has 1 aliphatic rings. The number of nitrogens with one attached hydrogen (secondary N) is 1. The van der Waals surface area contributed by atoms with E-state index in [1.165, 1.54) is 19.3 Å². The molecular weight excluding hydrogens is 322 g/mol. The lowest BCUT2D eigenvalue weighted by Gasteiger charge is -2.39. The second-order valence-electron chi connectivity index (χ2n) is 5.92. The molecule has 0 aromatic heterocycles. The van der Waals surface area contributed by atoms with Gasteiger partial charge in [0.1, 0.15) is 0 Å². The molecule has 2 nitrogen and oxygen atoms in total. The quantitative estimate of drug-likeness (QED) is 0.765. The largest absolute Gasteiger partial charge is 0.349 e. The normalized spacial score (nSPS) is 22.0. The Morgan fingerprint density at radius 2 is 2.16 bits per heavy atom. The summed E-state index contributed by atoms with van der Waals surface area (Å²) in [4.78, 5) is 13.2. The minimum absolute atomic E-state index is 0.0113. The van der Waals surface area contributed by atoms with Gasteiger partial charge in [-0.15, -0.1) is 12.6 Å². The number of hydrogen-bond acceptors (Lipinski definition) is 2. The third kappa shape index (κ3) is 3.54. The molecule has 1 aromatic carbocycles. The summed E-state index contributed by atoms with van der Waals surface area (Å²) in [6, 6.07) is 5.79. The summed E-state index contributed by atoms with van der Waals surface area (Å²) in [5.41, 5.74) is 0.841. The zero-order valence-corrected chi connectivity index (χ0v) is 13.9. The number of carbonyl (C=O) groups excluding carboxylic acids is 1.